The molecule has 0 saturated carbocycles. The van der Waals surface area contributed by atoms with E-state index in [1.165, 1.54) is 6.92 Å². The summed E-state index contributed by atoms with van der Waals surface area (Å²) in [6.45, 7) is 4.77. The van der Waals surface area contributed by atoms with E-state index in [-0.39, 0.29) is 36.5 Å². The van der Waals surface area contributed by atoms with Gasteiger partial charge in [0, 0.05) is 48.6 Å². The second kappa shape index (κ2) is 18.7. The first-order valence-corrected chi connectivity index (χ1v) is 18.3. The van der Waals surface area contributed by atoms with Gasteiger partial charge in [-0.05, 0) is 64.9 Å². The summed E-state index contributed by atoms with van der Waals surface area (Å²) < 4.78 is 19.1. The number of rotatable bonds is 16. The van der Waals surface area contributed by atoms with Crippen LogP contribution >= 0.6 is 11.8 Å². The van der Waals surface area contributed by atoms with Crippen LogP contribution in [-0.2, 0) is 32.2 Å². The first-order valence-electron chi connectivity index (χ1n) is 17.3. The lowest BCUT2D eigenvalue weighted by molar-refractivity contribution is -0.268. The van der Waals surface area contributed by atoms with Crippen molar-refractivity contribution in [1.29, 1.82) is 0 Å². The Hall–Kier alpha value is -4.15. The monoisotopic (exact) mass is 696 g/mol. The number of hydrogen-bond acceptors (Lipinski definition) is 7. The number of aliphatic hydroxyl groups is 1. The van der Waals surface area contributed by atoms with Gasteiger partial charge in [-0.25, -0.2) is 0 Å². The minimum absolute atomic E-state index is 0.00619. The van der Waals surface area contributed by atoms with Crippen LogP contribution in [0.2, 0.25) is 0 Å². The molecule has 264 valence electrons. The molecule has 4 aromatic rings. The highest BCUT2D eigenvalue weighted by molar-refractivity contribution is 7.99. The minimum Gasteiger partial charge on any atom is -0.496 e. The highest BCUT2D eigenvalue weighted by Gasteiger charge is 2.38. The number of carbonyl (C=O) groups is 2. The van der Waals surface area contributed by atoms with Crippen LogP contribution in [0, 0.1) is 5.92 Å². The molecule has 2 amide bonds. The highest BCUT2D eigenvalue weighted by atomic mass is 32.2. The smallest absolute Gasteiger partial charge is 0.220 e. The van der Waals surface area contributed by atoms with Crippen molar-refractivity contribution in [3.63, 3.8) is 0 Å². The van der Waals surface area contributed by atoms with Crippen LogP contribution in [-0.4, -0.2) is 42.4 Å². The lowest BCUT2D eigenvalue weighted by atomic mass is 9.91. The van der Waals surface area contributed by atoms with Crippen LogP contribution in [0.15, 0.2) is 102 Å². The fourth-order valence-electron chi connectivity index (χ4n) is 6.09. The molecular weight excluding hydrogens is 649 g/mol. The van der Waals surface area contributed by atoms with Gasteiger partial charge in [0.2, 0.25) is 11.8 Å². The van der Waals surface area contributed by atoms with E-state index in [1.807, 2.05) is 66.7 Å². The second-order valence-electron chi connectivity index (χ2n) is 12.7. The lowest BCUT2D eigenvalue weighted by Gasteiger charge is -2.41. The quantitative estimate of drug-likeness (QED) is 0.0813. The first kappa shape index (κ1) is 37.1. The maximum absolute atomic E-state index is 12.5. The maximum atomic E-state index is 12.5. The molecule has 0 aliphatic carbocycles. The van der Waals surface area contributed by atoms with E-state index < -0.39 is 6.29 Å². The molecule has 1 aliphatic rings. The summed E-state index contributed by atoms with van der Waals surface area (Å²) in [5, 5.41) is 15.4. The SMILES string of the molecule is COc1ccccc1SC[C@@H]1O[C@H](c2cccc(-c3cccc(CNC(=O)CCCCCNC(C)=O)c3)c2)O[C@H](c2ccc(CO)cc2)[C@@H]1C. The predicted molar refractivity (Wildman–Crippen MR) is 198 cm³/mol. The molecule has 9 heteroatoms. The molecule has 0 bridgehead atoms. The molecule has 0 radical (unpaired) electrons. The van der Waals surface area contributed by atoms with Gasteiger partial charge in [0.05, 0.1) is 25.9 Å². The summed E-state index contributed by atoms with van der Waals surface area (Å²) in [6, 6.07) is 32.5. The number of hydrogen-bond donors (Lipinski definition) is 3. The number of unbranched alkanes of at least 4 members (excludes halogenated alkanes) is 2. The fourth-order valence-corrected chi connectivity index (χ4v) is 7.28. The molecule has 5 rings (SSSR count). The van der Waals surface area contributed by atoms with Crippen LogP contribution in [0.4, 0.5) is 0 Å². The molecule has 1 fully saturated rings. The van der Waals surface area contributed by atoms with Crippen LogP contribution in [0.5, 0.6) is 5.75 Å². The summed E-state index contributed by atoms with van der Waals surface area (Å²) in [7, 11) is 1.69. The average Bonchev–Trinajstić information content (AvgIpc) is 3.15. The zero-order valence-electron chi connectivity index (χ0n) is 29.1. The average molecular weight is 697 g/mol. The van der Waals surface area contributed by atoms with E-state index in [9.17, 15) is 14.7 Å². The van der Waals surface area contributed by atoms with Crippen molar-refractivity contribution in [2.45, 2.75) is 76.1 Å². The number of ether oxygens (including phenoxy) is 3. The molecule has 1 saturated heterocycles. The van der Waals surface area contributed by atoms with Gasteiger partial charge in [-0.2, -0.15) is 0 Å². The molecular formula is C41H48N2O6S. The van der Waals surface area contributed by atoms with Gasteiger partial charge in [0.25, 0.3) is 0 Å². The van der Waals surface area contributed by atoms with Gasteiger partial charge in [0.15, 0.2) is 6.29 Å². The van der Waals surface area contributed by atoms with Gasteiger partial charge in [0.1, 0.15) is 5.75 Å². The van der Waals surface area contributed by atoms with Crippen molar-refractivity contribution < 1.29 is 28.9 Å². The molecule has 3 N–H and O–H groups in total. The Balaban J connectivity index is 1.28. The van der Waals surface area contributed by atoms with Gasteiger partial charge in [-0.15, -0.1) is 11.8 Å². The van der Waals surface area contributed by atoms with E-state index in [1.54, 1.807) is 18.9 Å². The molecule has 1 heterocycles. The lowest BCUT2D eigenvalue weighted by Crippen LogP contribution is -2.38. The Labute approximate surface area is 299 Å². The number of benzene rings is 4. The number of thioether (sulfide) groups is 1. The first-order chi connectivity index (χ1) is 24.3. The zero-order chi connectivity index (χ0) is 35.3. The van der Waals surface area contributed by atoms with E-state index in [0.29, 0.717) is 19.5 Å². The number of aliphatic hydroxyl groups excluding tert-OH is 1. The standard InChI is InChI=1S/C41H48N2O6S/c1-28-37(27-50-38-16-7-6-15-36(38)47-3)48-41(49-40(28)32-20-18-30(26-44)19-21-32)35-14-10-13-34(24-35)33-12-9-11-31(23-33)25-43-39(46)17-5-4-8-22-42-29(2)45/h6-7,9-16,18-21,23-24,28,37,40-41,44H,4-5,8,17,22,25-27H2,1-3H3,(H,42,45)(H,43,46)/t28-,37+,40+,41+/m1/s1. The Morgan fingerprint density at radius 1 is 0.820 bits per heavy atom. The van der Waals surface area contributed by atoms with Crippen LogP contribution < -0.4 is 15.4 Å². The van der Waals surface area contributed by atoms with Crippen LogP contribution in [0.1, 0.15) is 74.2 Å². The normalized spacial score (nSPS) is 18.7. The predicted octanol–water partition coefficient (Wildman–Crippen LogP) is 7.75. The number of nitrogens with one attached hydrogen (secondary N) is 2. The number of para-hydroxylation sites is 1. The largest absolute Gasteiger partial charge is 0.496 e. The van der Waals surface area contributed by atoms with Gasteiger partial charge >= 0.3 is 0 Å². The Morgan fingerprint density at radius 2 is 1.58 bits per heavy atom. The van der Waals surface area contributed by atoms with Gasteiger partial charge in [-0.1, -0.05) is 86.1 Å². The van der Waals surface area contributed by atoms with E-state index in [2.05, 4.69) is 47.9 Å². The fraction of sp³-hybridized carbons (Fsp3) is 0.366. The van der Waals surface area contributed by atoms with E-state index in [4.69, 9.17) is 14.2 Å². The molecule has 0 unspecified atom stereocenters. The van der Waals surface area contributed by atoms with Gasteiger partial charge in [-0.3, -0.25) is 9.59 Å². The third-order valence-electron chi connectivity index (χ3n) is 8.96. The minimum atomic E-state index is -0.586. The van der Waals surface area contributed by atoms with Crippen LogP contribution in [0.3, 0.4) is 0 Å². The molecule has 4 aromatic carbocycles. The Bertz CT molecular complexity index is 1700. The van der Waals surface area contributed by atoms with Gasteiger partial charge < -0.3 is 30.0 Å². The summed E-state index contributed by atoms with van der Waals surface area (Å²) in [6.07, 6.45) is 2.11. The van der Waals surface area contributed by atoms with Crippen molar-refractivity contribution in [1.82, 2.24) is 10.6 Å². The van der Waals surface area contributed by atoms with Crippen molar-refractivity contribution in [3.05, 3.63) is 119 Å². The number of carbonyl (C=O) groups excluding carboxylic acids is 2. The van der Waals surface area contributed by atoms with E-state index in [0.717, 1.165) is 69.0 Å². The number of amides is 2. The highest BCUT2D eigenvalue weighted by Crippen LogP contribution is 2.44. The van der Waals surface area contributed by atoms with Crippen molar-refractivity contribution >= 4 is 23.6 Å². The summed E-state index contributed by atoms with van der Waals surface area (Å²) in [5.41, 5.74) is 5.93. The third kappa shape index (κ3) is 10.4. The molecule has 1 aliphatic heterocycles. The third-order valence-corrected chi connectivity index (χ3v) is 10.1. The topological polar surface area (TPSA) is 106 Å². The maximum Gasteiger partial charge on any atom is 0.220 e. The summed E-state index contributed by atoms with van der Waals surface area (Å²) in [4.78, 5) is 24.5. The second-order valence-corrected chi connectivity index (χ2v) is 13.7. The van der Waals surface area contributed by atoms with E-state index >= 15 is 0 Å². The van der Waals surface area contributed by atoms with Crippen molar-refractivity contribution in [3.8, 4) is 16.9 Å². The summed E-state index contributed by atoms with van der Waals surface area (Å²) in [5.74, 6) is 1.62. The molecule has 50 heavy (non-hydrogen) atoms. The molecule has 4 atom stereocenters. The number of methoxy groups -OCH3 is 1. The van der Waals surface area contributed by atoms with Crippen molar-refractivity contribution in [2.24, 2.45) is 5.92 Å². The molecule has 0 aromatic heterocycles. The van der Waals surface area contributed by atoms with Crippen LogP contribution in [0.25, 0.3) is 11.1 Å². The Kier molecular flexibility index (Phi) is 13.9. The summed E-state index contributed by atoms with van der Waals surface area (Å²) >= 11 is 1.72. The molecule has 8 nitrogen and oxygen atoms in total. The zero-order valence-corrected chi connectivity index (χ0v) is 29.9. The van der Waals surface area contributed by atoms with Crippen molar-refractivity contribution in [2.75, 3.05) is 19.4 Å². The Morgan fingerprint density at radius 3 is 2.34 bits per heavy atom. The molecule has 0 spiro atoms.